The summed E-state index contributed by atoms with van der Waals surface area (Å²) in [5.41, 5.74) is 0. The Hall–Kier alpha value is 0.610. The smallest absolute Gasteiger partial charge is 0.857 e. The SMILES string of the molecule is C=CCS(=O)(=O)O.C[O-].[Na+]. The van der Waals surface area contributed by atoms with E-state index in [-0.39, 0.29) is 35.3 Å². The molecule has 0 radical (unpaired) electrons. The van der Waals surface area contributed by atoms with Crippen molar-refractivity contribution in [2.75, 3.05) is 12.9 Å². The van der Waals surface area contributed by atoms with Gasteiger partial charge in [-0.3, -0.25) is 4.55 Å². The molecular formula is C4H9NaO4S. The van der Waals surface area contributed by atoms with E-state index in [1.54, 1.807) is 0 Å². The van der Waals surface area contributed by atoms with Gasteiger partial charge in [-0.05, 0) is 0 Å². The third-order valence-electron chi connectivity index (χ3n) is 0.328. The minimum Gasteiger partial charge on any atom is -0.857 e. The molecular weight excluding hydrogens is 167 g/mol. The quantitative estimate of drug-likeness (QED) is 0.264. The van der Waals surface area contributed by atoms with Gasteiger partial charge in [-0.25, -0.2) is 0 Å². The summed E-state index contributed by atoms with van der Waals surface area (Å²) in [7, 11) is -3.04. The molecule has 0 aromatic heterocycles. The second-order valence-corrected chi connectivity index (χ2v) is 2.53. The van der Waals surface area contributed by atoms with Crippen LogP contribution in [0, 0.1) is 0 Å². The summed E-state index contributed by atoms with van der Waals surface area (Å²) < 4.78 is 27.3. The van der Waals surface area contributed by atoms with E-state index in [4.69, 9.17) is 9.66 Å². The second-order valence-electron chi connectivity index (χ2n) is 1.04. The van der Waals surface area contributed by atoms with Gasteiger partial charge in [-0.1, -0.05) is 6.08 Å². The summed E-state index contributed by atoms with van der Waals surface area (Å²) in [6.07, 6.45) is 1.12. The molecule has 0 aliphatic rings. The average molecular weight is 176 g/mol. The zero-order valence-corrected chi connectivity index (χ0v) is 8.89. The van der Waals surface area contributed by atoms with Gasteiger partial charge < -0.3 is 5.11 Å². The fourth-order valence-corrected chi connectivity index (χ4v) is 0.447. The van der Waals surface area contributed by atoms with Crippen LogP contribution in [0.3, 0.4) is 0 Å². The molecule has 0 saturated heterocycles. The number of hydrogen-bond acceptors (Lipinski definition) is 3. The Labute approximate surface area is 83.0 Å². The van der Waals surface area contributed by atoms with E-state index in [0.29, 0.717) is 0 Å². The molecule has 0 aliphatic heterocycles. The fraction of sp³-hybridized carbons (Fsp3) is 0.500. The van der Waals surface area contributed by atoms with E-state index in [1.807, 2.05) is 0 Å². The second kappa shape index (κ2) is 9.61. The molecule has 0 aromatic carbocycles. The Morgan fingerprint density at radius 2 is 1.90 bits per heavy atom. The van der Waals surface area contributed by atoms with Crippen LogP contribution in [-0.2, 0) is 10.1 Å². The molecule has 0 unspecified atom stereocenters. The van der Waals surface area contributed by atoms with Crippen molar-refractivity contribution in [3.63, 3.8) is 0 Å². The van der Waals surface area contributed by atoms with Crippen LogP contribution in [0.4, 0.5) is 0 Å². The average Bonchev–Trinajstić information content (AvgIpc) is 1.69. The molecule has 10 heavy (non-hydrogen) atoms. The maximum atomic E-state index is 9.72. The first-order chi connectivity index (χ1) is 4.06. The normalized spacial score (nSPS) is 8.30. The monoisotopic (exact) mass is 176 g/mol. The van der Waals surface area contributed by atoms with Gasteiger partial charge in [0.25, 0.3) is 10.1 Å². The molecule has 0 spiro atoms. The van der Waals surface area contributed by atoms with Gasteiger partial charge in [-0.15, -0.1) is 6.58 Å². The van der Waals surface area contributed by atoms with Gasteiger partial charge in [0.2, 0.25) is 0 Å². The summed E-state index contributed by atoms with van der Waals surface area (Å²) >= 11 is 0. The van der Waals surface area contributed by atoms with Gasteiger partial charge >= 0.3 is 29.6 Å². The molecule has 0 fully saturated rings. The predicted octanol–water partition coefficient (Wildman–Crippen LogP) is -3.96. The minimum atomic E-state index is -3.79. The van der Waals surface area contributed by atoms with Crippen molar-refractivity contribution >= 4 is 10.1 Å². The van der Waals surface area contributed by atoms with E-state index in [2.05, 4.69) is 6.58 Å². The maximum Gasteiger partial charge on any atom is 1.00 e. The molecule has 0 aromatic rings. The van der Waals surface area contributed by atoms with Gasteiger partial charge in [0.1, 0.15) is 0 Å². The van der Waals surface area contributed by atoms with Crippen LogP contribution in [0.15, 0.2) is 12.7 Å². The first kappa shape index (κ1) is 16.9. The van der Waals surface area contributed by atoms with Crippen LogP contribution in [-0.4, -0.2) is 25.8 Å². The van der Waals surface area contributed by atoms with E-state index in [9.17, 15) is 8.42 Å². The molecule has 0 bridgehead atoms. The Morgan fingerprint density at radius 3 is 1.90 bits per heavy atom. The summed E-state index contributed by atoms with van der Waals surface area (Å²) in [6, 6.07) is 0. The van der Waals surface area contributed by atoms with Gasteiger partial charge in [0, 0.05) is 0 Å². The van der Waals surface area contributed by atoms with Crippen LogP contribution in [0.25, 0.3) is 0 Å². The Kier molecular flexibility index (Phi) is 16.3. The van der Waals surface area contributed by atoms with Crippen molar-refractivity contribution in [2.24, 2.45) is 0 Å². The molecule has 1 N–H and O–H groups in total. The van der Waals surface area contributed by atoms with Crippen molar-refractivity contribution < 1.29 is 47.6 Å². The number of rotatable bonds is 2. The third kappa shape index (κ3) is 23.5. The van der Waals surface area contributed by atoms with Crippen molar-refractivity contribution in [3.05, 3.63) is 12.7 Å². The zero-order chi connectivity index (χ0) is 7.91. The minimum absolute atomic E-state index is 0. The van der Waals surface area contributed by atoms with E-state index >= 15 is 0 Å². The summed E-state index contributed by atoms with van der Waals surface area (Å²) in [6.45, 7) is 3.11. The van der Waals surface area contributed by atoms with E-state index in [1.165, 1.54) is 0 Å². The molecule has 4 nitrogen and oxygen atoms in total. The van der Waals surface area contributed by atoms with Crippen LogP contribution >= 0.6 is 0 Å². The Morgan fingerprint density at radius 1 is 1.60 bits per heavy atom. The maximum absolute atomic E-state index is 9.72. The predicted molar refractivity (Wildman–Crippen MR) is 32.5 cm³/mol. The molecule has 0 saturated carbocycles. The zero-order valence-electron chi connectivity index (χ0n) is 6.07. The van der Waals surface area contributed by atoms with Crippen molar-refractivity contribution in [2.45, 2.75) is 0 Å². The fourth-order valence-electron chi connectivity index (χ4n) is 0.149. The molecule has 6 heteroatoms. The molecule has 0 aliphatic carbocycles. The van der Waals surface area contributed by atoms with Crippen molar-refractivity contribution in [1.82, 2.24) is 0 Å². The summed E-state index contributed by atoms with van der Waals surface area (Å²) in [5.74, 6) is -0.368. The summed E-state index contributed by atoms with van der Waals surface area (Å²) in [4.78, 5) is 0. The third-order valence-corrected chi connectivity index (χ3v) is 0.985. The first-order valence-electron chi connectivity index (χ1n) is 2.03. The molecule has 0 rings (SSSR count). The van der Waals surface area contributed by atoms with E-state index in [0.717, 1.165) is 13.2 Å². The Bertz CT molecular complexity index is 151. The van der Waals surface area contributed by atoms with Gasteiger partial charge in [0.05, 0.1) is 5.75 Å². The van der Waals surface area contributed by atoms with Gasteiger partial charge in [-0.2, -0.15) is 15.5 Å². The Balaban J connectivity index is -0.000000149. The van der Waals surface area contributed by atoms with Crippen LogP contribution in [0.5, 0.6) is 0 Å². The first-order valence-corrected chi connectivity index (χ1v) is 3.64. The van der Waals surface area contributed by atoms with Crippen molar-refractivity contribution in [3.8, 4) is 0 Å². The van der Waals surface area contributed by atoms with Gasteiger partial charge in [0.15, 0.2) is 0 Å². The standard InChI is InChI=1S/C3H6O3S.CH3O.Na/c1-2-3-7(4,5)6;1-2;/h2H,1,3H2,(H,4,5,6);1H3;/q;-1;+1. The van der Waals surface area contributed by atoms with Crippen LogP contribution in [0.1, 0.15) is 0 Å². The molecule has 56 valence electrons. The number of hydrogen-bond donors (Lipinski definition) is 1. The van der Waals surface area contributed by atoms with Crippen LogP contribution < -0.4 is 34.7 Å². The topological polar surface area (TPSA) is 77.4 Å². The van der Waals surface area contributed by atoms with Crippen LogP contribution in [0.2, 0.25) is 0 Å². The molecule has 0 amide bonds. The summed E-state index contributed by atoms with van der Waals surface area (Å²) in [5, 5.41) is 8.25. The van der Waals surface area contributed by atoms with E-state index < -0.39 is 10.1 Å². The largest absolute Gasteiger partial charge is 1.00 e. The molecule has 0 atom stereocenters. The molecule has 0 heterocycles. The van der Waals surface area contributed by atoms with Crippen molar-refractivity contribution in [1.29, 1.82) is 0 Å².